The van der Waals surface area contributed by atoms with Crippen LogP contribution in [0.3, 0.4) is 0 Å². The zero-order valence-corrected chi connectivity index (χ0v) is 8.46. The van der Waals surface area contributed by atoms with E-state index >= 15 is 0 Å². The van der Waals surface area contributed by atoms with Crippen LogP contribution in [0.1, 0.15) is 11.1 Å². The second kappa shape index (κ2) is 3.65. The Bertz CT molecular complexity index is 526. The number of guanidine groups is 1. The molecule has 0 bridgehead atoms. The Morgan fingerprint density at radius 3 is 2.35 bits per heavy atom. The number of nitriles is 1. The summed E-state index contributed by atoms with van der Waals surface area (Å²) in [6.07, 6.45) is 0. The maximum atomic E-state index is 13.4. The van der Waals surface area contributed by atoms with Crippen molar-refractivity contribution in [2.45, 2.75) is 5.79 Å². The molecule has 0 fully saturated rings. The van der Waals surface area contributed by atoms with Crippen LogP contribution in [0.4, 0.5) is 8.78 Å². The molecule has 1 aromatic rings. The molecular weight excluding hydrogens is 230 g/mol. The van der Waals surface area contributed by atoms with Gasteiger partial charge in [0.05, 0.1) is 0 Å². The molecule has 1 heterocycles. The summed E-state index contributed by atoms with van der Waals surface area (Å²) >= 11 is 0. The van der Waals surface area contributed by atoms with Gasteiger partial charge in [-0.05, 0) is 12.1 Å². The average molecular weight is 238 g/mol. The molecule has 6 N–H and O–H groups in total. The van der Waals surface area contributed by atoms with Gasteiger partial charge in [0.1, 0.15) is 23.3 Å². The molecule has 0 radical (unpaired) electrons. The lowest BCUT2D eigenvalue weighted by Gasteiger charge is -2.20. The van der Waals surface area contributed by atoms with Gasteiger partial charge in [0, 0.05) is 5.56 Å². The smallest absolute Gasteiger partial charge is 0.209 e. The van der Waals surface area contributed by atoms with Crippen LogP contribution in [-0.2, 0) is 5.79 Å². The molecule has 17 heavy (non-hydrogen) atoms. The van der Waals surface area contributed by atoms with E-state index in [-0.39, 0.29) is 11.5 Å². The SMILES string of the molecule is N#Cc1c(F)cc(C2(N)N=C(N)NN2)cc1F. The number of hydrogen-bond donors (Lipinski definition) is 4. The van der Waals surface area contributed by atoms with Crippen molar-refractivity contribution in [1.29, 1.82) is 5.26 Å². The Morgan fingerprint density at radius 2 is 1.94 bits per heavy atom. The maximum Gasteiger partial charge on any atom is 0.209 e. The summed E-state index contributed by atoms with van der Waals surface area (Å²) in [5.74, 6) is -3.57. The van der Waals surface area contributed by atoms with Crippen LogP contribution in [0, 0.1) is 23.0 Å². The fourth-order valence-electron chi connectivity index (χ4n) is 1.44. The Labute approximate surface area is 94.9 Å². The van der Waals surface area contributed by atoms with E-state index in [9.17, 15) is 8.78 Å². The van der Waals surface area contributed by atoms with Gasteiger partial charge < -0.3 is 5.73 Å². The maximum absolute atomic E-state index is 13.4. The van der Waals surface area contributed by atoms with Gasteiger partial charge in [0.25, 0.3) is 0 Å². The molecule has 1 atom stereocenters. The van der Waals surface area contributed by atoms with Crippen LogP contribution in [-0.4, -0.2) is 5.96 Å². The van der Waals surface area contributed by atoms with E-state index in [4.69, 9.17) is 16.7 Å². The molecule has 8 heteroatoms. The van der Waals surface area contributed by atoms with E-state index in [1.165, 1.54) is 6.07 Å². The van der Waals surface area contributed by atoms with Gasteiger partial charge in [-0.1, -0.05) is 0 Å². The molecule has 0 spiro atoms. The molecule has 0 amide bonds. The zero-order chi connectivity index (χ0) is 12.6. The summed E-state index contributed by atoms with van der Waals surface area (Å²) in [6.45, 7) is 0. The summed E-state index contributed by atoms with van der Waals surface area (Å²) in [6, 6.07) is 3.27. The molecule has 1 unspecified atom stereocenters. The fraction of sp³-hybridized carbons (Fsp3) is 0.111. The minimum Gasteiger partial charge on any atom is -0.369 e. The first-order chi connectivity index (χ1) is 7.96. The third kappa shape index (κ3) is 1.77. The van der Waals surface area contributed by atoms with E-state index in [1.807, 2.05) is 0 Å². The van der Waals surface area contributed by atoms with Crippen molar-refractivity contribution in [2.24, 2.45) is 16.5 Å². The highest BCUT2D eigenvalue weighted by atomic mass is 19.1. The fourth-order valence-corrected chi connectivity index (χ4v) is 1.44. The number of hydrazine groups is 1. The molecule has 1 aliphatic heterocycles. The van der Waals surface area contributed by atoms with E-state index in [1.54, 1.807) is 0 Å². The Hall–Kier alpha value is -2.24. The predicted octanol–water partition coefficient (Wildman–Crippen LogP) is -0.672. The molecule has 1 aliphatic rings. The summed E-state index contributed by atoms with van der Waals surface area (Å²) in [5.41, 5.74) is 15.3. The van der Waals surface area contributed by atoms with E-state index in [2.05, 4.69) is 15.8 Å². The van der Waals surface area contributed by atoms with Crippen molar-refractivity contribution in [3.05, 3.63) is 34.9 Å². The predicted molar refractivity (Wildman–Crippen MR) is 54.8 cm³/mol. The number of halogens is 2. The number of nitrogens with one attached hydrogen (secondary N) is 2. The summed E-state index contributed by atoms with van der Waals surface area (Å²) in [5, 5.41) is 8.52. The zero-order valence-electron chi connectivity index (χ0n) is 8.46. The quantitative estimate of drug-likeness (QED) is 0.518. The third-order valence-corrected chi connectivity index (χ3v) is 2.27. The lowest BCUT2D eigenvalue weighted by atomic mass is 10.1. The number of aliphatic imine (C=N–C) groups is 1. The number of rotatable bonds is 1. The number of nitrogens with two attached hydrogens (primary N) is 2. The minimum absolute atomic E-state index is 0.00215. The highest BCUT2D eigenvalue weighted by Gasteiger charge is 2.33. The summed E-state index contributed by atoms with van der Waals surface area (Å²) in [4.78, 5) is 3.76. The molecule has 88 valence electrons. The van der Waals surface area contributed by atoms with Crippen LogP contribution in [0.5, 0.6) is 0 Å². The normalized spacial score (nSPS) is 22.8. The first kappa shape index (κ1) is 11.3. The topological polar surface area (TPSA) is 112 Å². The lowest BCUT2D eigenvalue weighted by molar-refractivity contribution is 0.371. The van der Waals surface area contributed by atoms with E-state index < -0.39 is 23.0 Å². The van der Waals surface area contributed by atoms with Crippen molar-refractivity contribution in [3.8, 4) is 6.07 Å². The summed E-state index contributed by atoms with van der Waals surface area (Å²) in [7, 11) is 0. The van der Waals surface area contributed by atoms with Crippen molar-refractivity contribution >= 4 is 5.96 Å². The second-order valence-electron chi connectivity index (χ2n) is 3.44. The summed E-state index contributed by atoms with van der Waals surface area (Å²) < 4.78 is 26.8. The lowest BCUT2D eigenvalue weighted by Crippen LogP contribution is -2.50. The van der Waals surface area contributed by atoms with Crippen molar-refractivity contribution in [3.63, 3.8) is 0 Å². The Kier molecular flexibility index (Phi) is 2.42. The van der Waals surface area contributed by atoms with E-state index in [0.717, 1.165) is 12.1 Å². The first-order valence-electron chi connectivity index (χ1n) is 4.53. The van der Waals surface area contributed by atoms with Gasteiger partial charge in [-0.25, -0.2) is 13.8 Å². The van der Waals surface area contributed by atoms with Crippen molar-refractivity contribution < 1.29 is 8.78 Å². The van der Waals surface area contributed by atoms with Crippen LogP contribution in [0.15, 0.2) is 17.1 Å². The van der Waals surface area contributed by atoms with E-state index in [0.29, 0.717) is 0 Å². The van der Waals surface area contributed by atoms with Crippen molar-refractivity contribution in [1.82, 2.24) is 10.9 Å². The molecule has 2 rings (SSSR count). The Morgan fingerprint density at radius 1 is 1.35 bits per heavy atom. The Balaban J connectivity index is 2.53. The van der Waals surface area contributed by atoms with Crippen LogP contribution >= 0.6 is 0 Å². The van der Waals surface area contributed by atoms with Crippen LogP contribution in [0.2, 0.25) is 0 Å². The first-order valence-corrected chi connectivity index (χ1v) is 4.53. The third-order valence-electron chi connectivity index (χ3n) is 2.27. The average Bonchev–Trinajstić information content (AvgIpc) is 2.59. The standard InChI is InChI=1S/C9H8F2N6/c10-6-1-4(2-7(11)5(6)3-12)9(14)15-8(13)16-17-9/h1-2,17H,14H2,(H3,13,15,16). The van der Waals surface area contributed by atoms with Gasteiger partial charge >= 0.3 is 0 Å². The minimum atomic E-state index is -1.56. The van der Waals surface area contributed by atoms with Crippen molar-refractivity contribution in [2.75, 3.05) is 0 Å². The molecule has 6 nitrogen and oxygen atoms in total. The molecule has 0 saturated carbocycles. The monoisotopic (exact) mass is 238 g/mol. The van der Waals surface area contributed by atoms with Gasteiger partial charge in [-0.15, -0.1) is 0 Å². The second-order valence-corrected chi connectivity index (χ2v) is 3.44. The highest BCUT2D eigenvalue weighted by molar-refractivity contribution is 5.79. The number of benzene rings is 1. The largest absolute Gasteiger partial charge is 0.369 e. The molecule has 0 saturated heterocycles. The van der Waals surface area contributed by atoms with Gasteiger partial charge in [0.15, 0.2) is 0 Å². The number of hydrogen-bond acceptors (Lipinski definition) is 6. The highest BCUT2D eigenvalue weighted by Crippen LogP contribution is 2.23. The van der Waals surface area contributed by atoms with Crippen LogP contribution in [0.25, 0.3) is 0 Å². The van der Waals surface area contributed by atoms with Gasteiger partial charge in [-0.3, -0.25) is 11.2 Å². The molecular formula is C9H8F2N6. The van der Waals surface area contributed by atoms with Gasteiger partial charge in [-0.2, -0.15) is 10.7 Å². The van der Waals surface area contributed by atoms with Gasteiger partial charge in [0.2, 0.25) is 11.7 Å². The van der Waals surface area contributed by atoms with Crippen LogP contribution < -0.4 is 22.3 Å². The molecule has 0 aromatic heterocycles. The number of nitrogens with zero attached hydrogens (tertiary/aromatic N) is 2. The molecule has 1 aromatic carbocycles. The molecule has 0 aliphatic carbocycles.